The summed E-state index contributed by atoms with van der Waals surface area (Å²) in [4.78, 5) is 5.51. The van der Waals surface area contributed by atoms with Crippen molar-refractivity contribution in [2.75, 3.05) is 0 Å². The fraction of sp³-hybridized carbons (Fsp3) is 0.676. The molecule has 0 bridgehead atoms. The average Bonchev–Trinajstić information content (AvgIpc) is 3.18. The van der Waals surface area contributed by atoms with E-state index in [1.54, 1.807) is 12.1 Å². The van der Waals surface area contributed by atoms with Gasteiger partial charge in [0.1, 0.15) is 11.7 Å². The molecule has 1 fully saturated rings. The van der Waals surface area contributed by atoms with Gasteiger partial charge < -0.3 is 9.16 Å². The first-order chi connectivity index (χ1) is 19.3. The monoisotopic (exact) mass is 665 g/mol. The Morgan fingerprint density at radius 2 is 1.69 bits per heavy atom. The number of ether oxygens (including phenoxy) is 1. The zero-order valence-corrected chi connectivity index (χ0v) is 29.2. The second-order valence-electron chi connectivity index (χ2n) is 15.4. The van der Waals surface area contributed by atoms with Crippen molar-refractivity contribution in [3.05, 3.63) is 63.5 Å². The zero-order chi connectivity index (χ0) is 31.0. The van der Waals surface area contributed by atoms with Gasteiger partial charge in [-0.05, 0) is 72.8 Å². The summed E-state index contributed by atoms with van der Waals surface area (Å²) in [6.07, 6.45) is 0.764. The highest BCUT2D eigenvalue weighted by Gasteiger charge is 2.56. The minimum absolute atomic E-state index is 0.0232. The molecule has 2 aliphatic carbocycles. The van der Waals surface area contributed by atoms with Crippen molar-refractivity contribution in [2.45, 2.75) is 140 Å². The van der Waals surface area contributed by atoms with Gasteiger partial charge >= 0.3 is 6.18 Å². The second kappa shape index (κ2) is 10.7. The minimum atomic E-state index is -4.39. The Labute approximate surface area is 259 Å². The second-order valence-corrected chi connectivity index (χ2v) is 21.3. The molecular weight excluding hydrogens is 619 g/mol. The molecule has 1 aromatic carbocycles. The number of hydrogen-bond donors (Lipinski definition) is 0. The Morgan fingerprint density at radius 1 is 1.05 bits per heavy atom. The van der Waals surface area contributed by atoms with Crippen molar-refractivity contribution in [3.8, 4) is 0 Å². The van der Waals surface area contributed by atoms with Crippen LogP contribution < -0.4 is 0 Å². The molecule has 42 heavy (non-hydrogen) atoms. The van der Waals surface area contributed by atoms with E-state index in [9.17, 15) is 13.2 Å². The number of pyridine rings is 1. The standard InChI is InChI=1S/C34H47BrF3NO2Si/c1-20(2)29-27-28(26-23(39-29)18-32(6,7)19-24(26)41-42(8,9)31(3,4)5)33(17-11-10-12-25(33)35)40-30(27)21-13-15-22(16-14-21)34(36,37)38/h13-16,20,24-25,30H,10-12,17-19H2,1-9H3/t24-,25?,30+,33?/m0/s1. The number of fused-ring (bicyclic) bond motifs is 4. The minimum Gasteiger partial charge on any atom is -0.410 e. The largest absolute Gasteiger partial charge is 0.416 e. The van der Waals surface area contributed by atoms with Crippen LogP contribution in [0.2, 0.25) is 18.1 Å². The molecule has 2 aromatic rings. The maximum atomic E-state index is 13.5. The lowest BCUT2D eigenvalue weighted by atomic mass is 9.68. The molecule has 0 radical (unpaired) electrons. The first kappa shape index (κ1) is 32.2. The molecule has 3 aliphatic rings. The van der Waals surface area contributed by atoms with E-state index in [1.807, 2.05) is 0 Å². The lowest BCUT2D eigenvalue weighted by Gasteiger charge is -2.47. The molecule has 0 amide bonds. The van der Waals surface area contributed by atoms with Gasteiger partial charge in [0, 0.05) is 32.9 Å². The quantitative estimate of drug-likeness (QED) is 0.240. The van der Waals surface area contributed by atoms with Gasteiger partial charge in [0.15, 0.2) is 8.32 Å². The fourth-order valence-corrected chi connectivity index (χ4v) is 9.17. The van der Waals surface area contributed by atoms with E-state index in [0.29, 0.717) is 0 Å². The van der Waals surface area contributed by atoms with E-state index in [-0.39, 0.29) is 27.3 Å². The summed E-state index contributed by atoms with van der Waals surface area (Å²) in [5, 5.41) is 0.0446. The van der Waals surface area contributed by atoms with Crippen molar-refractivity contribution >= 4 is 24.2 Å². The SMILES string of the molecule is CC(C)c1nc2c(c3c1[C@@H](c1ccc(C(F)(F)F)cc1)OC31CCCCC1Br)[C@@H](O[Si](C)(C)C(C)(C)C)CC(C)(C)C2. The molecule has 3 nitrogen and oxygen atoms in total. The number of alkyl halides is 4. The van der Waals surface area contributed by atoms with Crippen molar-refractivity contribution in [1.29, 1.82) is 0 Å². The van der Waals surface area contributed by atoms with Crippen LogP contribution in [0, 0.1) is 5.41 Å². The Morgan fingerprint density at radius 3 is 2.24 bits per heavy atom. The van der Waals surface area contributed by atoms with Crippen LogP contribution in [0.1, 0.15) is 138 Å². The fourth-order valence-electron chi connectivity index (χ4n) is 7.01. The van der Waals surface area contributed by atoms with Gasteiger partial charge in [-0.3, -0.25) is 4.98 Å². The van der Waals surface area contributed by atoms with Crippen LogP contribution in [0.25, 0.3) is 0 Å². The van der Waals surface area contributed by atoms with Gasteiger partial charge in [-0.25, -0.2) is 0 Å². The summed E-state index contributed by atoms with van der Waals surface area (Å²) in [7, 11) is -2.16. The van der Waals surface area contributed by atoms with E-state index in [2.05, 4.69) is 77.5 Å². The van der Waals surface area contributed by atoms with Crippen molar-refractivity contribution in [2.24, 2.45) is 5.41 Å². The third-order valence-corrected chi connectivity index (χ3v) is 15.9. The van der Waals surface area contributed by atoms with E-state index < -0.39 is 31.8 Å². The smallest absolute Gasteiger partial charge is 0.410 e. The van der Waals surface area contributed by atoms with Crippen LogP contribution in [0.4, 0.5) is 13.2 Å². The molecule has 2 heterocycles. The summed E-state index contributed by atoms with van der Waals surface area (Å²) in [6.45, 7) is 20.4. The molecular formula is C34H47BrF3NO2Si. The molecule has 2 unspecified atom stereocenters. The Bertz CT molecular complexity index is 1330. The summed E-state index contributed by atoms with van der Waals surface area (Å²) in [5.74, 6) is 0.127. The predicted molar refractivity (Wildman–Crippen MR) is 169 cm³/mol. The maximum Gasteiger partial charge on any atom is 0.416 e. The molecule has 232 valence electrons. The average molecular weight is 667 g/mol. The van der Waals surface area contributed by atoms with Crippen LogP contribution in [-0.2, 0) is 27.4 Å². The number of benzene rings is 1. The number of rotatable bonds is 4. The summed E-state index contributed by atoms with van der Waals surface area (Å²) < 4.78 is 55.0. The van der Waals surface area contributed by atoms with Crippen LogP contribution in [0.3, 0.4) is 0 Å². The van der Waals surface area contributed by atoms with Crippen LogP contribution >= 0.6 is 15.9 Å². The van der Waals surface area contributed by atoms with Crippen molar-refractivity contribution in [3.63, 3.8) is 0 Å². The molecule has 1 saturated carbocycles. The highest BCUT2D eigenvalue weighted by Crippen LogP contribution is 2.61. The normalized spacial score (nSPS) is 27.8. The Balaban J connectivity index is 1.79. The van der Waals surface area contributed by atoms with Gasteiger partial charge in [-0.2, -0.15) is 13.2 Å². The molecule has 8 heteroatoms. The van der Waals surface area contributed by atoms with E-state index in [0.717, 1.165) is 61.0 Å². The van der Waals surface area contributed by atoms with Gasteiger partial charge in [0.25, 0.3) is 0 Å². The number of nitrogens with zero attached hydrogens (tertiary/aromatic N) is 1. The van der Waals surface area contributed by atoms with Gasteiger partial charge in [-0.15, -0.1) is 0 Å². The highest BCUT2D eigenvalue weighted by molar-refractivity contribution is 9.09. The summed E-state index contributed by atoms with van der Waals surface area (Å²) in [6, 6.07) is 5.56. The Hall–Kier alpha value is -1.22. The molecule has 0 saturated heterocycles. The number of halogens is 4. The predicted octanol–water partition coefficient (Wildman–Crippen LogP) is 10.9. The van der Waals surface area contributed by atoms with E-state index >= 15 is 0 Å². The molecule has 4 atom stereocenters. The van der Waals surface area contributed by atoms with E-state index in [4.69, 9.17) is 14.1 Å². The Kier molecular flexibility index (Phi) is 8.20. The van der Waals surface area contributed by atoms with Gasteiger partial charge in [-0.1, -0.05) is 89.4 Å². The highest BCUT2D eigenvalue weighted by atomic mass is 79.9. The molecule has 0 N–H and O–H groups in total. The number of hydrogen-bond acceptors (Lipinski definition) is 3. The third-order valence-electron chi connectivity index (χ3n) is 10.2. The first-order valence-electron chi connectivity index (χ1n) is 15.5. The third kappa shape index (κ3) is 5.56. The van der Waals surface area contributed by atoms with Crippen LogP contribution in [0.15, 0.2) is 24.3 Å². The zero-order valence-electron chi connectivity index (χ0n) is 26.6. The molecule has 1 spiro atoms. The first-order valence-corrected chi connectivity index (χ1v) is 19.3. The summed E-state index contributed by atoms with van der Waals surface area (Å²) in [5.41, 5.74) is 5.10. The van der Waals surface area contributed by atoms with Crippen molar-refractivity contribution < 1.29 is 22.3 Å². The maximum absolute atomic E-state index is 13.5. The lowest BCUT2D eigenvalue weighted by molar-refractivity contribution is -0.137. The lowest BCUT2D eigenvalue weighted by Crippen LogP contribution is -2.45. The summed E-state index contributed by atoms with van der Waals surface area (Å²) >= 11 is 4.08. The topological polar surface area (TPSA) is 31.4 Å². The molecule has 1 aliphatic heterocycles. The molecule has 1 aromatic heterocycles. The van der Waals surface area contributed by atoms with Crippen LogP contribution in [-0.4, -0.2) is 18.1 Å². The van der Waals surface area contributed by atoms with E-state index in [1.165, 1.54) is 23.3 Å². The molecule has 5 rings (SSSR count). The van der Waals surface area contributed by atoms with Gasteiger partial charge in [0.05, 0.1) is 11.7 Å². The van der Waals surface area contributed by atoms with Gasteiger partial charge in [0.2, 0.25) is 0 Å². The van der Waals surface area contributed by atoms with Crippen molar-refractivity contribution in [1.82, 2.24) is 4.98 Å². The van der Waals surface area contributed by atoms with Crippen LogP contribution in [0.5, 0.6) is 0 Å². The number of aromatic nitrogens is 1.